The van der Waals surface area contributed by atoms with Crippen LogP contribution in [0.15, 0.2) is 31.0 Å². The molecule has 0 bridgehead atoms. The number of rotatable bonds is 6. The van der Waals surface area contributed by atoms with E-state index < -0.39 is 6.10 Å². The minimum absolute atomic E-state index is 0.188. The molecule has 0 fully saturated rings. The van der Waals surface area contributed by atoms with E-state index in [-0.39, 0.29) is 5.91 Å². The molecule has 1 atom stereocenters. The number of hydrogen-bond acceptors (Lipinski definition) is 3. The van der Waals surface area contributed by atoms with Crippen molar-refractivity contribution in [2.24, 2.45) is 0 Å². The molecule has 1 aromatic heterocycles. The number of ether oxygens (including phenoxy) is 1. The summed E-state index contributed by atoms with van der Waals surface area (Å²) in [5, 5.41) is 2.71. The average molecular weight is 234 g/mol. The highest BCUT2D eigenvalue weighted by Gasteiger charge is 2.13. The van der Waals surface area contributed by atoms with Crippen molar-refractivity contribution in [3.05, 3.63) is 36.5 Å². The van der Waals surface area contributed by atoms with E-state index in [0.29, 0.717) is 12.4 Å². The number of pyridine rings is 1. The van der Waals surface area contributed by atoms with Crippen LogP contribution in [0.1, 0.15) is 18.9 Å². The van der Waals surface area contributed by atoms with Gasteiger partial charge in [0.25, 0.3) is 5.91 Å². The van der Waals surface area contributed by atoms with Gasteiger partial charge in [-0.15, -0.1) is 6.58 Å². The highest BCUT2D eigenvalue weighted by molar-refractivity contribution is 5.93. The van der Waals surface area contributed by atoms with E-state index in [1.54, 1.807) is 19.2 Å². The molecule has 0 aliphatic rings. The van der Waals surface area contributed by atoms with Crippen molar-refractivity contribution in [1.29, 1.82) is 0 Å². The minimum Gasteiger partial charge on any atom is -0.368 e. The zero-order valence-corrected chi connectivity index (χ0v) is 10.3. The van der Waals surface area contributed by atoms with Crippen molar-refractivity contribution in [3.63, 3.8) is 0 Å². The molecule has 4 nitrogen and oxygen atoms in total. The number of carbonyl (C=O) groups excluding carboxylic acids is 1. The first-order chi connectivity index (χ1) is 8.13. The minimum atomic E-state index is -0.489. The van der Waals surface area contributed by atoms with Gasteiger partial charge in [-0.25, -0.2) is 4.98 Å². The second-order valence-electron chi connectivity index (χ2n) is 3.80. The highest BCUT2D eigenvalue weighted by atomic mass is 16.5. The SMILES string of the molecule is C=CCCOC(C)C(=O)Nc1cc(C)ccn1. The van der Waals surface area contributed by atoms with Gasteiger partial charge >= 0.3 is 0 Å². The lowest BCUT2D eigenvalue weighted by molar-refractivity contribution is -0.126. The number of carbonyl (C=O) groups is 1. The van der Waals surface area contributed by atoms with Crippen LogP contribution in [-0.4, -0.2) is 23.6 Å². The van der Waals surface area contributed by atoms with Crippen molar-refractivity contribution < 1.29 is 9.53 Å². The van der Waals surface area contributed by atoms with E-state index in [9.17, 15) is 4.79 Å². The summed E-state index contributed by atoms with van der Waals surface area (Å²) in [5.74, 6) is 0.362. The molecule has 1 rings (SSSR count). The third kappa shape index (κ3) is 4.78. The Labute approximate surface area is 102 Å². The van der Waals surface area contributed by atoms with E-state index in [2.05, 4.69) is 16.9 Å². The molecule has 0 saturated carbocycles. The van der Waals surface area contributed by atoms with Gasteiger partial charge in [0.1, 0.15) is 11.9 Å². The predicted octanol–water partition coefficient (Wildman–Crippen LogP) is 2.31. The van der Waals surface area contributed by atoms with Crippen LogP contribution in [0.3, 0.4) is 0 Å². The standard InChI is InChI=1S/C13H18N2O2/c1-4-5-8-17-11(3)13(16)15-12-9-10(2)6-7-14-12/h4,6-7,9,11H,1,5,8H2,2-3H3,(H,14,15,16). The molecular weight excluding hydrogens is 216 g/mol. The largest absolute Gasteiger partial charge is 0.368 e. The lowest BCUT2D eigenvalue weighted by Gasteiger charge is -2.12. The summed E-state index contributed by atoms with van der Waals surface area (Å²) in [7, 11) is 0. The molecule has 0 spiro atoms. The van der Waals surface area contributed by atoms with Crippen molar-refractivity contribution in [1.82, 2.24) is 4.98 Å². The van der Waals surface area contributed by atoms with Crippen LogP contribution in [0.4, 0.5) is 5.82 Å². The zero-order chi connectivity index (χ0) is 12.7. The van der Waals surface area contributed by atoms with Crippen LogP contribution in [0.5, 0.6) is 0 Å². The molecule has 4 heteroatoms. The maximum absolute atomic E-state index is 11.7. The molecule has 1 aromatic rings. The summed E-state index contributed by atoms with van der Waals surface area (Å²) in [6.07, 6.45) is 3.67. The van der Waals surface area contributed by atoms with Gasteiger partial charge in [0.05, 0.1) is 6.61 Å². The van der Waals surface area contributed by atoms with E-state index >= 15 is 0 Å². The highest BCUT2D eigenvalue weighted by Crippen LogP contribution is 2.06. The lowest BCUT2D eigenvalue weighted by atomic mass is 10.3. The van der Waals surface area contributed by atoms with Crippen LogP contribution in [-0.2, 0) is 9.53 Å². The van der Waals surface area contributed by atoms with Gasteiger partial charge in [-0.05, 0) is 38.0 Å². The third-order valence-corrected chi connectivity index (χ3v) is 2.23. The fourth-order valence-corrected chi connectivity index (χ4v) is 1.24. The zero-order valence-electron chi connectivity index (χ0n) is 10.3. The van der Waals surface area contributed by atoms with Crippen LogP contribution >= 0.6 is 0 Å². The molecule has 17 heavy (non-hydrogen) atoms. The Bertz CT molecular complexity index is 391. The molecule has 1 N–H and O–H groups in total. The molecule has 0 radical (unpaired) electrons. The normalized spacial score (nSPS) is 11.9. The molecule has 0 aliphatic heterocycles. The molecule has 1 unspecified atom stereocenters. The van der Waals surface area contributed by atoms with Crippen molar-refractivity contribution in [2.75, 3.05) is 11.9 Å². The van der Waals surface area contributed by atoms with E-state index in [1.807, 2.05) is 19.1 Å². The fourth-order valence-electron chi connectivity index (χ4n) is 1.24. The van der Waals surface area contributed by atoms with Gasteiger partial charge in [0, 0.05) is 6.20 Å². The molecule has 1 amide bonds. The summed E-state index contributed by atoms with van der Waals surface area (Å²) in [5.41, 5.74) is 1.05. The second kappa shape index (κ2) is 6.81. The van der Waals surface area contributed by atoms with E-state index in [0.717, 1.165) is 12.0 Å². The summed E-state index contributed by atoms with van der Waals surface area (Å²) in [4.78, 5) is 15.8. The number of nitrogens with zero attached hydrogens (tertiary/aromatic N) is 1. The smallest absolute Gasteiger partial charge is 0.254 e. The molecule has 0 aromatic carbocycles. The number of aromatic nitrogens is 1. The van der Waals surface area contributed by atoms with Gasteiger partial charge in [0.2, 0.25) is 0 Å². The maximum atomic E-state index is 11.7. The molecular formula is C13H18N2O2. The summed E-state index contributed by atoms with van der Waals surface area (Å²) in [6, 6.07) is 3.69. The number of anilines is 1. The number of amides is 1. The van der Waals surface area contributed by atoms with Gasteiger partial charge in [-0.1, -0.05) is 6.08 Å². The second-order valence-corrected chi connectivity index (χ2v) is 3.80. The summed E-state index contributed by atoms with van der Waals surface area (Å²) in [6.45, 7) is 7.75. The van der Waals surface area contributed by atoms with Crippen molar-refractivity contribution >= 4 is 11.7 Å². The maximum Gasteiger partial charge on any atom is 0.254 e. The van der Waals surface area contributed by atoms with Gasteiger partial charge in [-0.3, -0.25) is 4.79 Å². The van der Waals surface area contributed by atoms with E-state index in [4.69, 9.17) is 4.74 Å². The van der Waals surface area contributed by atoms with Gasteiger partial charge in [-0.2, -0.15) is 0 Å². The predicted molar refractivity (Wildman–Crippen MR) is 67.8 cm³/mol. The van der Waals surface area contributed by atoms with Crippen LogP contribution in [0.2, 0.25) is 0 Å². The van der Waals surface area contributed by atoms with Gasteiger partial charge < -0.3 is 10.1 Å². The Kier molecular flexibility index (Phi) is 5.36. The topological polar surface area (TPSA) is 51.2 Å². The fraction of sp³-hybridized carbons (Fsp3) is 0.385. The quantitative estimate of drug-likeness (QED) is 0.607. The van der Waals surface area contributed by atoms with Crippen molar-refractivity contribution in [3.8, 4) is 0 Å². The summed E-state index contributed by atoms with van der Waals surface area (Å²) < 4.78 is 5.34. The first-order valence-corrected chi connectivity index (χ1v) is 5.59. The number of hydrogen-bond donors (Lipinski definition) is 1. The number of aryl methyl sites for hydroxylation is 1. The van der Waals surface area contributed by atoms with Crippen LogP contribution in [0.25, 0.3) is 0 Å². The first kappa shape index (κ1) is 13.4. The molecule has 1 heterocycles. The molecule has 0 aliphatic carbocycles. The molecule has 92 valence electrons. The number of nitrogens with one attached hydrogen (secondary N) is 1. The van der Waals surface area contributed by atoms with Crippen LogP contribution in [0, 0.1) is 6.92 Å². The Hall–Kier alpha value is -1.68. The molecule has 0 saturated heterocycles. The Morgan fingerprint density at radius 2 is 2.47 bits per heavy atom. The monoisotopic (exact) mass is 234 g/mol. The third-order valence-electron chi connectivity index (χ3n) is 2.23. The lowest BCUT2D eigenvalue weighted by Crippen LogP contribution is -2.28. The van der Waals surface area contributed by atoms with Crippen LogP contribution < -0.4 is 5.32 Å². The Morgan fingerprint density at radius 1 is 1.71 bits per heavy atom. The summed E-state index contributed by atoms with van der Waals surface area (Å²) >= 11 is 0. The first-order valence-electron chi connectivity index (χ1n) is 5.59. The Morgan fingerprint density at radius 3 is 3.12 bits per heavy atom. The van der Waals surface area contributed by atoms with Gasteiger partial charge in [0.15, 0.2) is 0 Å². The van der Waals surface area contributed by atoms with Crippen molar-refractivity contribution in [2.45, 2.75) is 26.4 Å². The van der Waals surface area contributed by atoms with E-state index in [1.165, 1.54) is 0 Å². The Balaban J connectivity index is 2.45. The average Bonchev–Trinajstić information content (AvgIpc) is 2.29.